The highest BCUT2D eigenvalue weighted by molar-refractivity contribution is 7.80. The zero-order valence-electron chi connectivity index (χ0n) is 11.5. The third kappa shape index (κ3) is 3.48. The number of rotatable bonds is 3. The molecular formula is C14H16ClN3S2. The number of anilines is 2. The summed E-state index contributed by atoms with van der Waals surface area (Å²) in [5.74, 6) is 0. The SMILES string of the molecule is CC(C)(C)c1csc(Nc2cc(Cl)ccc2C(N)=S)n1. The van der Waals surface area contributed by atoms with Crippen molar-refractivity contribution in [3.05, 3.63) is 39.9 Å². The van der Waals surface area contributed by atoms with Crippen LogP contribution in [0.3, 0.4) is 0 Å². The van der Waals surface area contributed by atoms with Crippen LogP contribution in [0.4, 0.5) is 10.8 Å². The average Bonchev–Trinajstić information content (AvgIpc) is 2.76. The van der Waals surface area contributed by atoms with Crippen LogP contribution in [-0.4, -0.2) is 9.97 Å². The van der Waals surface area contributed by atoms with Crippen LogP contribution in [-0.2, 0) is 5.41 Å². The highest BCUT2D eigenvalue weighted by Gasteiger charge is 2.18. The van der Waals surface area contributed by atoms with Gasteiger partial charge in [-0.1, -0.05) is 44.6 Å². The molecule has 0 radical (unpaired) electrons. The molecule has 3 nitrogen and oxygen atoms in total. The van der Waals surface area contributed by atoms with Gasteiger partial charge in [-0.3, -0.25) is 0 Å². The molecule has 2 rings (SSSR count). The van der Waals surface area contributed by atoms with Crippen LogP contribution < -0.4 is 11.1 Å². The Morgan fingerprint density at radius 2 is 2.10 bits per heavy atom. The lowest BCUT2D eigenvalue weighted by Crippen LogP contribution is -2.13. The number of hydrogen-bond acceptors (Lipinski definition) is 4. The fourth-order valence-electron chi connectivity index (χ4n) is 1.63. The first kappa shape index (κ1) is 15.2. The van der Waals surface area contributed by atoms with Gasteiger partial charge in [0.2, 0.25) is 0 Å². The van der Waals surface area contributed by atoms with Crippen molar-refractivity contribution in [3.8, 4) is 0 Å². The van der Waals surface area contributed by atoms with Crippen molar-refractivity contribution >= 4 is 51.0 Å². The topological polar surface area (TPSA) is 50.9 Å². The van der Waals surface area contributed by atoms with Crippen molar-refractivity contribution < 1.29 is 0 Å². The van der Waals surface area contributed by atoms with Crippen molar-refractivity contribution in [3.63, 3.8) is 0 Å². The van der Waals surface area contributed by atoms with Gasteiger partial charge < -0.3 is 11.1 Å². The van der Waals surface area contributed by atoms with Gasteiger partial charge in [0.25, 0.3) is 0 Å². The summed E-state index contributed by atoms with van der Waals surface area (Å²) in [7, 11) is 0. The van der Waals surface area contributed by atoms with Gasteiger partial charge in [0.1, 0.15) is 4.99 Å². The Labute approximate surface area is 133 Å². The standard InChI is InChI=1S/C14H16ClN3S2/c1-14(2,3)11-7-20-13(18-11)17-10-6-8(15)4-5-9(10)12(16)19/h4-7H,1-3H3,(H2,16,19)(H,17,18). The highest BCUT2D eigenvalue weighted by atomic mass is 35.5. The number of thiocarbonyl (C=S) groups is 1. The highest BCUT2D eigenvalue weighted by Crippen LogP contribution is 2.30. The summed E-state index contributed by atoms with van der Waals surface area (Å²) < 4.78 is 0. The molecule has 6 heteroatoms. The number of aromatic nitrogens is 1. The van der Waals surface area contributed by atoms with Gasteiger partial charge in [-0.15, -0.1) is 11.3 Å². The smallest absolute Gasteiger partial charge is 0.187 e. The third-order valence-electron chi connectivity index (χ3n) is 2.76. The lowest BCUT2D eigenvalue weighted by Gasteiger charge is -2.14. The molecule has 1 heterocycles. The van der Waals surface area contributed by atoms with E-state index in [1.54, 1.807) is 23.5 Å². The number of benzene rings is 1. The molecule has 0 amide bonds. The van der Waals surface area contributed by atoms with E-state index in [0.29, 0.717) is 10.0 Å². The minimum atomic E-state index is 0.0246. The fourth-order valence-corrected chi connectivity index (χ4v) is 2.93. The van der Waals surface area contributed by atoms with E-state index in [1.165, 1.54) is 0 Å². The van der Waals surface area contributed by atoms with Gasteiger partial charge in [0.15, 0.2) is 5.13 Å². The molecular weight excluding hydrogens is 310 g/mol. The molecule has 0 atom stereocenters. The van der Waals surface area contributed by atoms with Gasteiger partial charge in [-0.25, -0.2) is 4.98 Å². The number of nitrogens with zero attached hydrogens (tertiary/aromatic N) is 1. The molecule has 2 aromatic rings. The van der Waals surface area contributed by atoms with E-state index in [-0.39, 0.29) is 5.41 Å². The van der Waals surface area contributed by atoms with Gasteiger partial charge in [-0.05, 0) is 18.2 Å². The Hall–Kier alpha value is -1.17. The minimum Gasteiger partial charge on any atom is -0.389 e. The van der Waals surface area contributed by atoms with Crippen molar-refractivity contribution in [1.29, 1.82) is 0 Å². The van der Waals surface area contributed by atoms with E-state index in [9.17, 15) is 0 Å². The first-order chi connectivity index (χ1) is 9.27. The third-order valence-corrected chi connectivity index (χ3v) is 3.97. The summed E-state index contributed by atoms with van der Waals surface area (Å²) in [4.78, 5) is 4.92. The summed E-state index contributed by atoms with van der Waals surface area (Å²) in [6.45, 7) is 6.39. The van der Waals surface area contributed by atoms with Crippen molar-refractivity contribution in [2.24, 2.45) is 5.73 Å². The Morgan fingerprint density at radius 1 is 1.40 bits per heavy atom. The molecule has 0 fully saturated rings. The normalized spacial score (nSPS) is 11.4. The quantitative estimate of drug-likeness (QED) is 0.817. The Morgan fingerprint density at radius 3 is 2.65 bits per heavy atom. The zero-order valence-corrected chi connectivity index (χ0v) is 13.9. The van der Waals surface area contributed by atoms with E-state index < -0.39 is 0 Å². The van der Waals surface area contributed by atoms with Gasteiger partial charge in [0.05, 0.1) is 11.4 Å². The van der Waals surface area contributed by atoms with Crippen molar-refractivity contribution in [2.45, 2.75) is 26.2 Å². The average molecular weight is 326 g/mol. The predicted molar refractivity (Wildman–Crippen MR) is 91.4 cm³/mol. The van der Waals surface area contributed by atoms with Crippen LogP contribution in [0.25, 0.3) is 0 Å². The maximum atomic E-state index is 6.02. The van der Waals surface area contributed by atoms with Gasteiger partial charge >= 0.3 is 0 Å². The predicted octanol–water partition coefficient (Wildman–Crippen LogP) is 4.47. The zero-order chi connectivity index (χ0) is 14.9. The van der Waals surface area contributed by atoms with E-state index in [2.05, 4.69) is 31.1 Å². The second-order valence-electron chi connectivity index (χ2n) is 5.47. The first-order valence-corrected chi connectivity index (χ1v) is 7.76. The van der Waals surface area contributed by atoms with E-state index in [0.717, 1.165) is 22.1 Å². The van der Waals surface area contributed by atoms with Gasteiger partial charge in [0, 0.05) is 21.4 Å². The molecule has 1 aromatic heterocycles. The monoisotopic (exact) mass is 325 g/mol. The Kier molecular flexibility index (Phi) is 4.32. The minimum absolute atomic E-state index is 0.0246. The van der Waals surface area contributed by atoms with E-state index in [4.69, 9.17) is 29.6 Å². The molecule has 0 aliphatic rings. The molecule has 0 aliphatic carbocycles. The maximum absolute atomic E-state index is 6.02. The largest absolute Gasteiger partial charge is 0.389 e. The van der Waals surface area contributed by atoms with Crippen LogP contribution in [0.15, 0.2) is 23.6 Å². The van der Waals surface area contributed by atoms with E-state index >= 15 is 0 Å². The molecule has 1 aromatic carbocycles. The van der Waals surface area contributed by atoms with Crippen molar-refractivity contribution in [1.82, 2.24) is 4.98 Å². The van der Waals surface area contributed by atoms with Gasteiger partial charge in [-0.2, -0.15) is 0 Å². The molecule has 20 heavy (non-hydrogen) atoms. The molecule has 0 saturated heterocycles. The molecule has 0 spiro atoms. The second kappa shape index (κ2) is 5.68. The maximum Gasteiger partial charge on any atom is 0.187 e. The number of thiazole rings is 1. The van der Waals surface area contributed by atoms with Crippen LogP contribution in [0.5, 0.6) is 0 Å². The number of halogens is 1. The lowest BCUT2D eigenvalue weighted by atomic mass is 9.93. The summed E-state index contributed by atoms with van der Waals surface area (Å²) in [6, 6.07) is 5.38. The summed E-state index contributed by atoms with van der Waals surface area (Å²) >= 11 is 12.6. The van der Waals surface area contributed by atoms with Crippen LogP contribution >= 0.6 is 35.2 Å². The lowest BCUT2D eigenvalue weighted by molar-refractivity contribution is 0.573. The molecule has 0 aliphatic heterocycles. The summed E-state index contributed by atoms with van der Waals surface area (Å²) in [5, 5.41) is 6.72. The fraction of sp³-hybridized carbons (Fsp3) is 0.286. The second-order valence-corrected chi connectivity index (χ2v) is 7.20. The molecule has 106 valence electrons. The van der Waals surface area contributed by atoms with Crippen LogP contribution in [0.1, 0.15) is 32.0 Å². The molecule has 0 unspecified atom stereocenters. The Balaban J connectivity index is 2.32. The van der Waals surface area contributed by atoms with Crippen LogP contribution in [0, 0.1) is 0 Å². The molecule has 3 N–H and O–H groups in total. The summed E-state index contributed by atoms with van der Waals surface area (Å²) in [6.07, 6.45) is 0. The van der Waals surface area contributed by atoms with Crippen molar-refractivity contribution in [2.75, 3.05) is 5.32 Å². The first-order valence-electron chi connectivity index (χ1n) is 6.10. The molecule has 0 saturated carbocycles. The van der Waals surface area contributed by atoms with Crippen LogP contribution in [0.2, 0.25) is 5.02 Å². The number of nitrogens with one attached hydrogen (secondary N) is 1. The summed E-state index contributed by atoms with van der Waals surface area (Å²) in [5.41, 5.74) is 8.33. The number of nitrogens with two attached hydrogens (primary N) is 1. The van der Waals surface area contributed by atoms with E-state index in [1.807, 2.05) is 11.4 Å². The number of hydrogen-bond donors (Lipinski definition) is 2. The Bertz CT molecular complexity index is 644. The molecule has 0 bridgehead atoms.